The fraction of sp³-hybridized carbons (Fsp3) is 0.222. The van der Waals surface area contributed by atoms with Gasteiger partial charge in [0.05, 0.1) is 23.3 Å². The average Bonchev–Trinajstić information content (AvgIpc) is 3.29. The van der Waals surface area contributed by atoms with Crippen molar-refractivity contribution in [2.75, 3.05) is 13.7 Å². The Morgan fingerprint density at radius 3 is 2.46 bits per heavy atom. The topological polar surface area (TPSA) is 63.9 Å². The predicted molar refractivity (Wildman–Crippen MR) is 138 cm³/mol. The van der Waals surface area contributed by atoms with Gasteiger partial charge in [0, 0.05) is 23.6 Å². The number of methoxy groups -OCH3 is 1. The third-order valence-corrected chi connectivity index (χ3v) is 6.88. The molecule has 0 bridgehead atoms. The van der Waals surface area contributed by atoms with Gasteiger partial charge in [0.2, 0.25) is 0 Å². The van der Waals surface area contributed by atoms with Crippen molar-refractivity contribution >= 4 is 40.6 Å². The molecule has 1 aliphatic heterocycles. The van der Waals surface area contributed by atoms with Gasteiger partial charge in [-0.1, -0.05) is 0 Å². The van der Waals surface area contributed by atoms with Gasteiger partial charge in [0.1, 0.15) is 5.82 Å². The lowest BCUT2D eigenvalue weighted by Crippen LogP contribution is -2.28. The molecule has 6 nitrogen and oxygen atoms in total. The van der Waals surface area contributed by atoms with Gasteiger partial charge in [0.25, 0.3) is 5.91 Å². The maximum atomic E-state index is 13.3. The highest BCUT2D eigenvalue weighted by Crippen LogP contribution is 2.35. The van der Waals surface area contributed by atoms with Crippen molar-refractivity contribution < 1.29 is 18.7 Å². The number of rotatable bonds is 5. The summed E-state index contributed by atoms with van der Waals surface area (Å²) in [6.07, 6.45) is 1.89. The van der Waals surface area contributed by atoms with Crippen LogP contribution in [0.25, 0.3) is 11.8 Å². The van der Waals surface area contributed by atoms with Gasteiger partial charge in [-0.25, -0.2) is 14.2 Å². The lowest BCUT2D eigenvalue weighted by atomic mass is 10.1. The normalized spacial score (nSPS) is 15.9. The molecule has 3 aromatic rings. The summed E-state index contributed by atoms with van der Waals surface area (Å²) < 4.78 is 20.2. The van der Waals surface area contributed by atoms with Crippen LogP contribution < -0.4 is 0 Å². The maximum absolute atomic E-state index is 13.3. The molecule has 0 N–H and O–H groups in total. The Kier molecular flexibility index (Phi) is 6.93. The Morgan fingerprint density at radius 2 is 1.83 bits per heavy atom. The number of carbonyl (C=O) groups is 2. The quantitative estimate of drug-likeness (QED) is 0.327. The predicted octanol–water partition coefficient (Wildman–Crippen LogP) is 5.95. The first-order chi connectivity index (χ1) is 16.7. The summed E-state index contributed by atoms with van der Waals surface area (Å²) in [6, 6.07) is 13.4. The van der Waals surface area contributed by atoms with Crippen molar-refractivity contribution in [2.45, 2.75) is 27.7 Å². The second-order valence-electron chi connectivity index (χ2n) is 8.19. The molecule has 0 spiro atoms. The number of carbonyl (C=O) groups excluding carboxylic acids is 2. The van der Waals surface area contributed by atoms with Crippen molar-refractivity contribution in [3.05, 3.63) is 87.3 Å². The Hall–Kier alpha value is -3.65. The first-order valence-corrected chi connectivity index (χ1v) is 12.0. The lowest BCUT2D eigenvalue weighted by Gasteiger charge is -2.14. The van der Waals surface area contributed by atoms with Crippen LogP contribution in [0.2, 0.25) is 0 Å². The number of nitrogens with zero attached hydrogens (tertiary/aromatic N) is 3. The first-order valence-electron chi connectivity index (χ1n) is 11.2. The molecule has 0 unspecified atom stereocenters. The van der Waals surface area contributed by atoms with E-state index in [0.717, 1.165) is 28.2 Å². The SMILES string of the molecule is CCN1C(=O)/C(=C\c2cc(C)n(-c3ccc(C(=O)OC)cc3C)c2C)SC1=Nc1ccc(F)cc1. The van der Waals surface area contributed by atoms with E-state index in [1.54, 1.807) is 23.1 Å². The molecule has 0 atom stereocenters. The number of halogens is 1. The molecule has 1 fully saturated rings. The largest absolute Gasteiger partial charge is 0.465 e. The molecule has 1 amide bonds. The number of esters is 1. The minimum absolute atomic E-state index is 0.109. The molecule has 1 aliphatic rings. The molecule has 8 heteroatoms. The molecular weight excluding hydrogens is 465 g/mol. The summed E-state index contributed by atoms with van der Waals surface area (Å²) in [4.78, 5) is 31.7. The zero-order valence-electron chi connectivity index (χ0n) is 20.3. The highest BCUT2D eigenvalue weighted by Gasteiger charge is 2.32. The van der Waals surface area contributed by atoms with Crippen LogP contribution in [-0.2, 0) is 9.53 Å². The highest BCUT2D eigenvalue weighted by molar-refractivity contribution is 8.18. The summed E-state index contributed by atoms with van der Waals surface area (Å²) in [5.74, 6) is -0.814. The van der Waals surface area contributed by atoms with E-state index in [1.165, 1.54) is 31.0 Å². The second-order valence-corrected chi connectivity index (χ2v) is 9.19. The molecular formula is C27H26FN3O3S. The van der Waals surface area contributed by atoms with Gasteiger partial charge in [-0.05, 0) is 105 Å². The van der Waals surface area contributed by atoms with E-state index in [4.69, 9.17) is 4.74 Å². The molecule has 1 aromatic heterocycles. The van der Waals surface area contributed by atoms with Crippen LogP contribution in [0.3, 0.4) is 0 Å². The number of aromatic nitrogens is 1. The molecule has 2 heterocycles. The third kappa shape index (κ3) is 4.79. The van der Waals surface area contributed by atoms with Crippen molar-refractivity contribution in [3.8, 4) is 5.69 Å². The molecule has 4 rings (SSSR count). The third-order valence-electron chi connectivity index (χ3n) is 5.87. The number of amidine groups is 1. The zero-order chi connectivity index (χ0) is 25.3. The number of amides is 1. The van der Waals surface area contributed by atoms with Crippen molar-refractivity contribution in [1.82, 2.24) is 9.47 Å². The molecule has 0 radical (unpaired) electrons. The van der Waals surface area contributed by atoms with Crippen molar-refractivity contribution in [1.29, 1.82) is 0 Å². The number of thioether (sulfide) groups is 1. The van der Waals surface area contributed by atoms with E-state index in [-0.39, 0.29) is 17.7 Å². The summed E-state index contributed by atoms with van der Waals surface area (Å²) in [6.45, 7) is 8.34. The van der Waals surface area contributed by atoms with E-state index in [2.05, 4.69) is 9.56 Å². The highest BCUT2D eigenvalue weighted by atomic mass is 32.2. The number of likely N-dealkylation sites (N-methyl/N-ethyl adjacent to an activating group) is 1. The smallest absolute Gasteiger partial charge is 0.337 e. The number of ether oxygens (including phenoxy) is 1. The van der Waals surface area contributed by atoms with Gasteiger partial charge in [0.15, 0.2) is 5.17 Å². The van der Waals surface area contributed by atoms with E-state index in [0.29, 0.717) is 27.9 Å². The number of hydrogen-bond acceptors (Lipinski definition) is 5. The van der Waals surface area contributed by atoms with Gasteiger partial charge in [-0.15, -0.1) is 0 Å². The molecule has 1 saturated heterocycles. The lowest BCUT2D eigenvalue weighted by molar-refractivity contribution is -0.122. The van der Waals surface area contributed by atoms with Crippen LogP contribution in [0.5, 0.6) is 0 Å². The van der Waals surface area contributed by atoms with Crippen LogP contribution in [-0.4, -0.2) is 40.2 Å². The van der Waals surface area contributed by atoms with Crippen molar-refractivity contribution in [2.24, 2.45) is 4.99 Å². The van der Waals surface area contributed by atoms with E-state index in [1.807, 2.05) is 52.0 Å². The van der Waals surface area contributed by atoms with Crippen LogP contribution in [0, 0.1) is 26.6 Å². The summed E-state index contributed by atoms with van der Waals surface area (Å²) in [5.41, 5.74) is 5.89. The van der Waals surface area contributed by atoms with Gasteiger partial charge in [-0.2, -0.15) is 0 Å². The Bertz CT molecular complexity index is 1370. The summed E-state index contributed by atoms with van der Waals surface area (Å²) in [7, 11) is 1.36. The van der Waals surface area contributed by atoms with Crippen molar-refractivity contribution in [3.63, 3.8) is 0 Å². The molecule has 0 aliphatic carbocycles. The van der Waals surface area contributed by atoms with E-state index in [9.17, 15) is 14.0 Å². The minimum Gasteiger partial charge on any atom is -0.465 e. The Balaban J connectivity index is 1.69. The monoisotopic (exact) mass is 491 g/mol. The van der Waals surface area contributed by atoms with Gasteiger partial charge < -0.3 is 9.30 Å². The van der Waals surface area contributed by atoms with Crippen LogP contribution in [0.4, 0.5) is 10.1 Å². The Labute approximate surface area is 208 Å². The zero-order valence-corrected chi connectivity index (χ0v) is 21.1. The van der Waals surface area contributed by atoms with Gasteiger partial charge >= 0.3 is 5.97 Å². The van der Waals surface area contributed by atoms with Crippen LogP contribution in [0.15, 0.2) is 58.4 Å². The average molecular weight is 492 g/mol. The number of benzene rings is 2. The molecule has 180 valence electrons. The molecule has 2 aromatic carbocycles. The summed E-state index contributed by atoms with van der Waals surface area (Å²) >= 11 is 1.31. The first kappa shape index (κ1) is 24.5. The minimum atomic E-state index is -0.374. The second kappa shape index (κ2) is 9.92. The molecule has 0 saturated carbocycles. The number of aliphatic imine (C=N–C) groups is 1. The standard InChI is InChI=1S/C27H26FN3O3S/c1-6-30-25(32)24(35-27(30)29-22-10-8-21(28)9-11-22)15-20-14-17(3)31(18(20)4)23-12-7-19(13-16(23)2)26(33)34-5/h7-15H,6H2,1-5H3/b24-15+,29-27?. The number of hydrogen-bond donors (Lipinski definition) is 0. The van der Waals surface area contributed by atoms with Crippen LogP contribution >= 0.6 is 11.8 Å². The fourth-order valence-corrected chi connectivity index (χ4v) is 5.15. The molecule has 35 heavy (non-hydrogen) atoms. The fourth-order valence-electron chi connectivity index (χ4n) is 4.09. The van der Waals surface area contributed by atoms with Crippen LogP contribution in [0.1, 0.15) is 39.8 Å². The Morgan fingerprint density at radius 1 is 1.11 bits per heavy atom. The van der Waals surface area contributed by atoms with E-state index < -0.39 is 0 Å². The maximum Gasteiger partial charge on any atom is 0.337 e. The van der Waals surface area contributed by atoms with E-state index >= 15 is 0 Å². The summed E-state index contributed by atoms with van der Waals surface area (Å²) in [5, 5.41) is 0.568. The number of aryl methyl sites for hydroxylation is 2. The van der Waals surface area contributed by atoms with Gasteiger partial charge in [-0.3, -0.25) is 9.69 Å².